The largest absolute Gasteiger partial charge is 0.210 e. The summed E-state index contributed by atoms with van der Waals surface area (Å²) in [6, 6.07) is 14.8. The Balaban J connectivity index is 2.33. The van der Waals surface area contributed by atoms with E-state index in [9.17, 15) is 0 Å². The van der Waals surface area contributed by atoms with E-state index >= 15 is 0 Å². The SMILES string of the molecule is CCCc1cccc(-[n+]2ccccc2)c1. The van der Waals surface area contributed by atoms with Gasteiger partial charge in [-0.05, 0) is 12.0 Å². The van der Waals surface area contributed by atoms with E-state index in [1.54, 1.807) is 0 Å². The number of aryl methyl sites for hydroxylation is 1. The highest BCUT2D eigenvalue weighted by Crippen LogP contribution is 2.07. The molecule has 0 fully saturated rings. The third-order valence-electron chi connectivity index (χ3n) is 2.46. The van der Waals surface area contributed by atoms with Crippen LogP contribution in [-0.2, 0) is 6.42 Å². The first kappa shape index (κ1) is 9.91. The number of rotatable bonds is 3. The smallest absolute Gasteiger partial charge is 0.167 e. The van der Waals surface area contributed by atoms with Crippen LogP contribution in [0.1, 0.15) is 18.9 Å². The van der Waals surface area contributed by atoms with E-state index in [-0.39, 0.29) is 0 Å². The molecule has 0 saturated carbocycles. The monoisotopic (exact) mass is 198 g/mol. The van der Waals surface area contributed by atoms with Crippen molar-refractivity contribution in [1.29, 1.82) is 0 Å². The van der Waals surface area contributed by atoms with Crippen molar-refractivity contribution in [3.05, 3.63) is 60.4 Å². The Kier molecular flexibility index (Phi) is 3.13. The number of nitrogens with zero attached hydrogens (tertiary/aromatic N) is 1. The molecule has 0 aliphatic rings. The van der Waals surface area contributed by atoms with E-state index in [0.717, 1.165) is 6.42 Å². The first-order valence-corrected chi connectivity index (χ1v) is 5.46. The number of benzene rings is 1. The molecule has 0 atom stereocenters. The van der Waals surface area contributed by atoms with E-state index < -0.39 is 0 Å². The molecule has 1 nitrogen and oxygen atoms in total. The maximum atomic E-state index is 2.25. The van der Waals surface area contributed by atoms with Crippen molar-refractivity contribution >= 4 is 0 Å². The van der Waals surface area contributed by atoms with E-state index in [1.807, 2.05) is 18.2 Å². The van der Waals surface area contributed by atoms with Gasteiger partial charge < -0.3 is 0 Å². The summed E-state index contributed by atoms with van der Waals surface area (Å²) < 4.78 is 2.14. The molecule has 0 aliphatic heterocycles. The van der Waals surface area contributed by atoms with E-state index in [2.05, 4.69) is 48.1 Å². The quantitative estimate of drug-likeness (QED) is 0.668. The molecule has 0 bridgehead atoms. The second kappa shape index (κ2) is 4.74. The van der Waals surface area contributed by atoms with Crippen molar-refractivity contribution < 1.29 is 4.57 Å². The van der Waals surface area contributed by atoms with Crippen molar-refractivity contribution in [1.82, 2.24) is 0 Å². The van der Waals surface area contributed by atoms with Crippen LogP contribution in [0.25, 0.3) is 5.69 Å². The highest BCUT2D eigenvalue weighted by Gasteiger charge is 2.03. The second-order valence-electron chi connectivity index (χ2n) is 3.70. The Morgan fingerprint density at radius 3 is 2.53 bits per heavy atom. The van der Waals surface area contributed by atoms with E-state index in [1.165, 1.54) is 17.7 Å². The third kappa shape index (κ3) is 2.44. The molecule has 1 heterocycles. The molecule has 0 saturated heterocycles. The van der Waals surface area contributed by atoms with Crippen molar-refractivity contribution in [3.63, 3.8) is 0 Å². The molecule has 1 heteroatoms. The highest BCUT2D eigenvalue weighted by molar-refractivity contribution is 5.28. The summed E-state index contributed by atoms with van der Waals surface area (Å²) in [6.45, 7) is 2.21. The minimum Gasteiger partial charge on any atom is -0.167 e. The van der Waals surface area contributed by atoms with Crippen LogP contribution in [0.5, 0.6) is 0 Å². The number of aromatic nitrogens is 1. The molecular weight excluding hydrogens is 182 g/mol. The van der Waals surface area contributed by atoms with Gasteiger partial charge >= 0.3 is 0 Å². The van der Waals surface area contributed by atoms with Gasteiger partial charge in [-0.1, -0.05) is 31.5 Å². The third-order valence-corrected chi connectivity index (χ3v) is 2.46. The van der Waals surface area contributed by atoms with Crippen LogP contribution < -0.4 is 4.57 Å². The van der Waals surface area contributed by atoms with Gasteiger partial charge in [0.15, 0.2) is 12.4 Å². The Labute approximate surface area is 91.0 Å². The molecule has 1 aromatic carbocycles. The van der Waals surface area contributed by atoms with Crippen molar-refractivity contribution in [2.45, 2.75) is 19.8 Å². The summed E-state index contributed by atoms with van der Waals surface area (Å²) in [6.07, 6.45) is 6.50. The lowest BCUT2D eigenvalue weighted by atomic mass is 10.1. The molecule has 0 unspecified atom stereocenters. The lowest BCUT2D eigenvalue weighted by molar-refractivity contribution is -0.595. The van der Waals surface area contributed by atoms with Crippen molar-refractivity contribution in [2.75, 3.05) is 0 Å². The fourth-order valence-electron chi connectivity index (χ4n) is 1.73. The maximum absolute atomic E-state index is 2.25. The summed E-state index contributed by atoms with van der Waals surface area (Å²) in [5.41, 5.74) is 2.65. The molecule has 15 heavy (non-hydrogen) atoms. The molecule has 0 amide bonds. The van der Waals surface area contributed by atoms with Gasteiger partial charge in [-0.3, -0.25) is 0 Å². The predicted octanol–water partition coefficient (Wildman–Crippen LogP) is 2.92. The molecule has 0 radical (unpaired) electrons. The summed E-state index contributed by atoms with van der Waals surface area (Å²) in [5, 5.41) is 0. The van der Waals surface area contributed by atoms with E-state index in [4.69, 9.17) is 0 Å². The molecule has 0 N–H and O–H groups in total. The molecule has 0 aliphatic carbocycles. The van der Waals surface area contributed by atoms with Crippen LogP contribution in [0.3, 0.4) is 0 Å². The van der Waals surface area contributed by atoms with Crippen LogP contribution in [0.4, 0.5) is 0 Å². The Morgan fingerprint density at radius 1 is 1.00 bits per heavy atom. The standard InChI is InChI=1S/C14H16N/c1-2-7-13-8-6-9-14(12-13)15-10-4-3-5-11-15/h3-6,8-12H,2,7H2,1H3/q+1. The first-order valence-electron chi connectivity index (χ1n) is 5.46. The Bertz CT molecular complexity index is 420. The fraction of sp³-hybridized carbons (Fsp3) is 0.214. The molecule has 76 valence electrons. The van der Waals surface area contributed by atoms with Gasteiger partial charge in [0.2, 0.25) is 5.69 Å². The van der Waals surface area contributed by atoms with Gasteiger partial charge in [0.25, 0.3) is 0 Å². The predicted molar refractivity (Wildman–Crippen MR) is 62.0 cm³/mol. The summed E-state index contributed by atoms with van der Waals surface area (Å²) in [7, 11) is 0. The van der Waals surface area contributed by atoms with Crippen LogP contribution in [0.15, 0.2) is 54.9 Å². The number of hydrogen-bond acceptors (Lipinski definition) is 0. The van der Waals surface area contributed by atoms with Gasteiger partial charge in [0.1, 0.15) is 0 Å². The van der Waals surface area contributed by atoms with Gasteiger partial charge in [0, 0.05) is 24.3 Å². The minimum atomic E-state index is 1.15. The van der Waals surface area contributed by atoms with Crippen LogP contribution in [0, 0.1) is 0 Å². The molecule has 2 rings (SSSR count). The molecular formula is C14H16N+. The van der Waals surface area contributed by atoms with Crippen molar-refractivity contribution in [3.8, 4) is 5.69 Å². The topological polar surface area (TPSA) is 3.88 Å². The van der Waals surface area contributed by atoms with Crippen LogP contribution >= 0.6 is 0 Å². The number of hydrogen-bond donors (Lipinski definition) is 0. The first-order chi connectivity index (χ1) is 7.40. The second-order valence-corrected chi connectivity index (χ2v) is 3.70. The normalized spacial score (nSPS) is 10.2. The fourth-order valence-corrected chi connectivity index (χ4v) is 1.73. The average Bonchev–Trinajstić information content (AvgIpc) is 2.31. The average molecular weight is 198 g/mol. The van der Waals surface area contributed by atoms with Gasteiger partial charge in [0.05, 0.1) is 0 Å². The summed E-state index contributed by atoms with van der Waals surface area (Å²) in [4.78, 5) is 0. The maximum Gasteiger partial charge on any atom is 0.210 e. The van der Waals surface area contributed by atoms with Gasteiger partial charge in [-0.15, -0.1) is 0 Å². The zero-order valence-corrected chi connectivity index (χ0v) is 9.06. The van der Waals surface area contributed by atoms with E-state index in [0.29, 0.717) is 0 Å². The van der Waals surface area contributed by atoms with Gasteiger partial charge in [-0.25, -0.2) is 0 Å². The lowest BCUT2D eigenvalue weighted by Gasteiger charge is -1.99. The zero-order valence-electron chi connectivity index (χ0n) is 9.06. The minimum absolute atomic E-state index is 1.15. The molecule has 1 aromatic heterocycles. The lowest BCUT2D eigenvalue weighted by Crippen LogP contribution is -2.28. The summed E-state index contributed by atoms with van der Waals surface area (Å²) >= 11 is 0. The van der Waals surface area contributed by atoms with Gasteiger partial charge in [-0.2, -0.15) is 4.57 Å². The van der Waals surface area contributed by atoms with Crippen LogP contribution in [0.2, 0.25) is 0 Å². The summed E-state index contributed by atoms with van der Waals surface area (Å²) in [5.74, 6) is 0. The Hall–Kier alpha value is -1.63. The molecule has 0 spiro atoms. The van der Waals surface area contributed by atoms with Crippen LogP contribution in [-0.4, -0.2) is 0 Å². The number of pyridine rings is 1. The van der Waals surface area contributed by atoms with Crippen molar-refractivity contribution in [2.24, 2.45) is 0 Å². The molecule has 2 aromatic rings. The highest BCUT2D eigenvalue weighted by atomic mass is 14.9. The zero-order chi connectivity index (χ0) is 10.5. The Morgan fingerprint density at radius 2 is 1.80 bits per heavy atom.